The van der Waals surface area contributed by atoms with E-state index in [9.17, 15) is 19.7 Å². The molecule has 0 fully saturated rings. The highest BCUT2D eigenvalue weighted by Gasteiger charge is 2.16. The molecule has 21 heavy (non-hydrogen) atoms. The van der Waals surface area contributed by atoms with Gasteiger partial charge in [-0.3, -0.25) is 14.9 Å². The Bertz CT molecular complexity index is 532. The van der Waals surface area contributed by atoms with Crippen molar-refractivity contribution in [1.29, 1.82) is 0 Å². The minimum Gasteiger partial charge on any atom is -0.479 e. The van der Waals surface area contributed by atoms with Crippen molar-refractivity contribution >= 4 is 17.6 Å². The largest absolute Gasteiger partial charge is 0.479 e. The number of nitrogens with one attached hydrogen (secondary N) is 1. The van der Waals surface area contributed by atoms with Gasteiger partial charge in [0.1, 0.15) is 0 Å². The molecule has 0 saturated heterocycles. The van der Waals surface area contributed by atoms with Crippen LogP contribution in [0.4, 0.5) is 5.69 Å². The number of carbonyl (C=O) groups is 2. The number of nitro benzene ring substituents is 1. The van der Waals surface area contributed by atoms with Crippen molar-refractivity contribution in [3.05, 3.63) is 34.4 Å². The van der Waals surface area contributed by atoms with Crippen LogP contribution in [0.15, 0.2) is 24.3 Å². The van der Waals surface area contributed by atoms with Crippen molar-refractivity contribution in [3.8, 4) is 5.75 Å². The van der Waals surface area contributed by atoms with Crippen molar-refractivity contribution < 1.29 is 29.5 Å². The minimum absolute atomic E-state index is 0.0387. The lowest BCUT2D eigenvalue weighted by atomic mass is 10.2. The lowest BCUT2D eigenvalue weighted by Crippen LogP contribution is -2.33. The van der Waals surface area contributed by atoms with Crippen molar-refractivity contribution in [1.82, 2.24) is 5.32 Å². The number of hydrogen-bond donors (Lipinski definition) is 3. The van der Waals surface area contributed by atoms with Crippen molar-refractivity contribution in [2.24, 2.45) is 0 Å². The molecule has 0 heterocycles. The number of para-hydroxylation sites is 2. The Labute approximate surface area is 119 Å². The van der Waals surface area contributed by atoms with Crippen molar-refractivity contribution in [3.63, 3.8) is 0 Å². The van der Waals surface area contributed by atoms with Crippen LogP contribution in [0.3, 0.4) is 0 Å². The predicted molar refractivity (Wildman–Crippen MR) is 69.9 cm³/mol. The first-order chi connectivity index (χ1) is 9.91. The molecule has 0 radical (unpaired) electrons. The average molecular weight is 298 g/mol. The van der Waals surface area contributed by atoms with Crippen molar-refractivity contribution in [2.75, 3.05) is 13.2 Å². The molecule has 3 N–H and O–H groups in total. The number of aliphatic hydroxyl groups excluding tert-OH is 1. The van der Waals surface area contributed by atoms with E-state index < -0.39 is 29.5 Å². The molecule has 0 aliphatic heterocycles. The van der Waals surface area contributed by atoms with Crippen LogP contribution < -0.4 is 10.1 Å². The fraction of sp³-hybridized carbons (Fsp3) is 0.333. The fourth-order valence-corrected chi connectivity index (χ4v) is 1.40. The summed E-state index contributed by atoms with van der Waals surface area (Å²) in [6.45, 7) is -0.499. The predicted octanol–water partition coefficient (Wildman–Crippen LogP) is -0.0746. The van der Waals surface area contributed by atoms with E-state index in [2.05, 4.69) is 5.32 Å². The lowest BCUT2D eigenvalue weighted by Gasteiger charge is -2.08. The highest BCUT2D eigenvalue weighted by Crippen LogP contribution is 2.25. The first-order valence-corrected chi connectivity index (χ1v) is 5.95. The van der Waals surface area contributed by atoms with Gasteiger partial charge in [0.2, 0.25) is 0 Å². The molecule has 9 nitrogen and oxygen atoms in total. The number of carboxylic acids is 1. The van der Waals surface area contributed by atoms with Crippen LogP contribution in [0.1, 0.15) is 6.42 Å². The maximum Gasteiger partial charge on any atom is 0.332 e. The van der Waals surface area contributed by atoms with Crippen LogP contribution in [0.25, 0.3) is 0 Å². The van der Waals surface area contributed by atoms with E-state index in [1.165, 1.54) is 24.3 Å². The maximum atomic E-state index is 11.4. The van der Waals surface area contributed by atoms with Gasteiger partial charge in [-0.1, -0.05) is 12.1 Å². The second kappa shape index (κ2) is 7.80. The number of amides is 1. The van der Waals surface area contributed by atoms with Crippen LogP contribution in [-0.2, 0) is 9.59 Å². The summed E-state index contributed by atoms with van der Waals surface area (Å²) in [5.74, 6) is -1.99. The van der Waals surface area contributed by atoms with Crippen molar-refractivity contribution in [2.45, 2.75) is 12.5 Å². The van der Waals surface area contributed by atoms with Crippen LogP contribution >= 0.6 is 0 Å². The quantitative estimate of drug-likeness (QED) is 0.450. The number of nitro groups is 1. The Morgan fingerprint density at radius 3 is 2.67 bits per heavy atom. The van der Waals surface area contributed by atoms with Gasteiger partial charge in [-0.2, -0.15) is 0 Å². The monoisotopic (exact) mass is 298 g/mol. The van der Waals surface area contributed by atoms with E-state index in [4.69, 9.17) is 14.9 Å². The number of benzene rings is 1. The summed E-state index contributed by atoms with van der Waals surface area (Å²) in [6, 6.07) is 5.61. The fourth-order valence-electron chi connectivity index (χ4n) is 1.40. The first kappa shape index (κ1) is 16.4. The third-order valence-corrected chi connectivity index (χ3v) is 2.45. The van der Waals surface area contributed by atoms with Gasteiger partial charge in [0, 0.05) is 19.0 Å². The molecule has 1 aromatic rings. The maximum absolute atomic E-state index is 11.4. The summed E-state index contributed by atoms with van der Waals surface area (Å²) in [5, 5.41) is 30.5. The molecule has 1 aromatic carbocycles. The molecule has 0 unspecified atom stereocenters. The molecule has 1 amide bonds. The number of aliphatic hydroxyl groups is 1. The molecule has 0 aliphatic rings. The van der Waals surface area contributed by atoms with Gasteiger partial charge in [-0.15, -0.1) is 0 Å². The Hall–Kier alpha value is -2.68. The number of hydrogen-bond acceptors (Lipinski definition) is 6. The molecular formula is C12H14N2O7. The molecule has 0 saturated carbocycles. The minimum atomic E-state index is -1.55. The second-order valence-corrected chi connectivity index (χ2v) is 4.01. The SMILES string of the molecule is O=C(COc1ccccc1[N+](=O)[O-])NCC[C@H](O)C(=O)O. The van der Waals surface area contributed by atoms with Gasteiger partial charge in [-0.25, -0.2) is 4.79 Å². The lowest BCUT2D eigenvalue weighted by molar-refractivity contribution is -0.385. The molecule has 1 atom stereocenters. The Morgan fingerprint density at radius 2 is 2.05 bits per heavy atom. The number of carboxylic acid groups (broad SMARTS) is 1. The Morgan fingerprint density at radius 1 is 1.38 bits per heavy atom. The summed E-state index contributed by atoms with van der Waals surface area (Å²) in [7, 11) is 0. The summed E-state index contributed by atoms with van der Waals surface area (Å²) in [6.07, 6.45) is -1.70. The highest BCUT2D eigenvalue weighted by molar-refractivity contribution is 5.77. The molecule has 0 spiro atoms. The third-order valence-electron chi connectivity index (χ3n) is 2.45. The molecule has 114 valence electrons. The first-order valence-electron chi connectivity index (χ1n) is 5.95. The second-order valence-electron chi connectivity index (χ2n) is 4.01. The molecular weight excluding hydrogens is 284 g/mol. The Balaban J connectivity index is 2.40. The van der Waals surface area contributed by atoms with Gasteiger partial charge in [0.15, 0.2) is 18.5 Å². The summed E-state index contributed by atoms with van der Waals surface area (Å²) in [5.41, 5.74) is -0.258. The highest BCUT2D eigenvalue weighted by atomic mass is 16.6. The van der Waals surface area contributed by atoms with Gasteiger partial charge < -0.3 is 20.3 Å². The van der Waals surface area contributed by atoms with Crippen LogP contribution in [0, 0.1) is 10.1 Å². The van der Waals surface area contributed by atoms with E-state index in [1.807, 2.05) is 0 Å². The molecule has 1 rings (SSSR count). The van der Waals surface area contributed by atoms with Crippen LogP contribution in [0.5, 0.6) is 5.75 Å². The summed E-state index contributed by atoms with van der Waals surface area (Å²) < 4.78 is 5.03. The Kier molecular flexibility index (Phi) is 6.08. The number of carbonyl (C=O) groups excluding carboxylic acids is 1. The average Bonchev–Trinajstić information content (AvgIpc) is 2.45. The molecule has 9 heteroatoms. The van der Waals surface area contributed by atoms with Crippen LogP contribution in [0.2, 0.25) is 0 Å². The van der Waals surface area contributed by atoms with E-state index in [0.29, 0.717) is 0 Å². The van der Waals surface area contributed by atoms with E-state index in [1.54, 1.807) is 0 Å². The zero-order chi connectivity index (χ0) is 15.8. The normalized spacial score (nSPS) is 11.5. The van der Waals surface area contributed by atoms with Crippen LogP contribution in [-0.4, -0.2) is 46.3 Å². The van der Waals surface area contributed by atoms with E-state index in [0.717, 1.165) is 0 Å². The molecule has 0 aromatic heterocycles. The zero-order valence-corrected chi connectivity index (χ0v) is 10.9. The van der Waals surface area contributed by atoms with Gasteiger partial charge >= 0.3 is 11.7 Å². The van der Waals surface area contributed by atoms with Gasteiger partial charge in [0.25, 0.3) is 5.91 Å². The summed E-state index contributed by atoms with van der Waals surface area (Å²) >= 11 is 0. The number of rotatable bonds is 8. The number of aliphatic carboxylic acids is 1. The molecule has 0 aliphatic carbocycles. The molecule has 0 bridgehead atoms. The third kappa shape index (κ3) is 5.45. The number of nitrogens with zero attached hydrogens (tertiary/aromatic N) is 1. The standard InChI is InChI=1S/C12H14N2O7/c15-9(12(17)18)5-6-13-11(16)7-21-10-4-2-1-3-8(10)14(19)20/h1-4,9,15H,5-7H2,(H,13,16)(H,17,18)/t9-/m0/s1. The number of ether oxygens (including phenoxy) is 1. The van der Waals surface area contributed by atoms with Gasteiger partial charge in [-0.05, 0) is 6.07 Å². The zero-order valence-electron chi connectivity index (χ0n) is 10.9. The van der Waals surface area contributed by atoms with Gasteiger partial charge in [0.05, 0.1) is 4.92 Å². The topological polar surface area (TPSA) is 139 Å². The smallest absolute Gasteiger partial charge is 0.332 e. The summed E-state index contributed by atoms with van der Waals surface area (Å²) in [4.78, 5) is 31.8. The van der Waals surface area contributed by atoms with E-state index in [-0.39, 0.29) is 24.4 Å². The van der Waals surface area contributed by atoms with E-state index >= 15 is 0 Å².